The van der Waals surface area contributed by atoms with Crippen LogP contribution in [0.4, 0.5) is 0 Å². The number of methoxy groups -OCH3 is 2. The number of aromatic amines is 1. The average Bonchev–Trinajstić information content (AvgIpc) is 3.37. The summed E-state index contributed by atoms with van der Waals surface area (Å²) < 4.78 is 10.7. The van der Waals surface area contributed by atoms with Gasteiger partial charge in [-0.25, -0.2) is 0 Å². The zero-order valence-corrected chi connectivity index (χ0v) is 22.2. The van der Waals surface area contributed by atoms with Gasteiger partial charge >= 0.3 is 0 Å². The second-order valence-corrected chi connectivity index (χ2v) is 9.37. The number of para-hydroxylation sites is 1. The van der Waals surface area contributed by atoms with Crippen LogP contribution in [0, 0.1) is 0 Å². The first kappa shape index (κ1) is 26.8. The summed E-state index contributed by atoms with van der Waals surface area (Å²) in [5.41, 5.74) is 4.12. The fraction of sp³-hybridized carbons (Fsp3) is 0.290. The van der Waals surface area contributed by atoms with Crippen molar-refractivity contribution < 1.29 is 19.1 Å². The molecule has 198 valence electrons. The Morgan fingerprint density at radius 3 is 2.39 bits per heavy atom. The summed E-state index contributed by atoms with van der Waals surface area (Å²) in [5, 5.41) is 4.07. The lowest BCUT2D eigenvalue weighted by molar-refractivity contribution is -0.135. The summed E-state index contributed by atoms with van der Waals surface area (Å²) in [6.07, 6.45) is 3.91. The largest absolute Gasteiger partial charge is 0.493 e. The fourth-order valence-corrected chi connectivity index (χ4v) is 4.60. The van der Waals surface area contributed by atoms with Gasteiger partial charge in [-0.15, -0.1) is 0 Å². The predicted octanol–water partition coefficient (Wildman–Crippen LogP) is 4.55. The summed E-state index contributed by atoms with van der Waals surface area (Å²) >= 11 is 0. The molecule has 0 aliphatic carbocycles. The molecule has 2 amide bonds. The molecule has 0 aliphatic heterocycles. The van der Waals surface area contributed by atoms with Gasteiger partial charge in [0.15, 0.2) is 11.5 Å². The molecule has 0 bridgehead atoms. The number of ether oxygens (including phenoxy) is 2. The number of aryl methyl sites for hydroxylation is 1. The topological polar surface area (TPSA) is 83.7 Å². The van der Waals surface area contributed by atoms with E-state index < -0.39 is 6.04 Å². The number of H-pyrrole nitrogens is 1. The number of likely N-dealkylation sites (N-methyl/N-ethyl adjacent to an activating group) is 1. The molecule has 0 aliphatic rings. The van der Waals surface area contributed by atoms with Gasteiger partial charge in [-0.2, -0.15) is 0 Å². The maximum Gasteiger partial charge on any atom is 0.245 e. The normalized spacial score (nSPS) is 11.7. The van der Waals surface area contributed by atoms with E-state index in [-0.39, 0.29) is 11.8 Å². The van der Waals surface area contributed by atoms with Crippen molar-refractivity contribution in [2.75, 3.05) is 27.8 Å². The molecule has 38 heavy (non-hydrogen) atoms. The van der Waals surface area contributed by atoms with Crippen LogP contribution in [0.1, 0.15) is 23.1 Å². The Morgan fingerprint density at radius 2 is 1.63 bits per heavy atom. The Morgan fingerprint density at radius 1 is 0.895 bits per heavy atom. The average molecular weight is 514 g/mol. The first-order valence-electron chi connectivity index (χ1n) is 12.8. The Bertz CT molecular complexity index is 1370. The minimum absolute atomic E-state index is 0.121. The number of nitrogens with one attached hydrogen (secondary N) is 2. The first-order chi connectivity index (χ1) is 18.5. The van der Waals surface area contributed by atoms with Crippen LogP contribution in [-0.4, -0.2) is 55.6 Å². The molecule has 4 rings (SSSR count). The van der Waals surface area contributed by atoms with Gasteiger partial charge in [0.1, 0.15) is 6.04 Å². The summed E-state index contributed by atoms with van der Waals surface area (Å²) in [4.78, 5) is 31.5. The van der Waals surface area contributed by atoms with Gasteiger partial charge in [-0.1, -0.05) is 54.6 Å². The van der Waals surface area contributed by atoms with Crippen molar-refractivity contribution >= 4 is 22.7 Å². The van der Waals surface area contributed by atoms with E-state index in [9.17, 15) is 9.59 Å². The first-order valence-corrected chi connectivity index (χ1v) is 12.8. The minimum atomic E-state index is -0.673. The minimum Gasteiger partial charge on any atom is -0.493 e. The highest BCUT2D eigenvalue weighted by molar-refractivity contribution is 5.89. The zero-order chi connectivity index (χ0) is 26.9. The van der Waals surface area contributed by atoms with Crippen molar-refractivity contribution in [3.63, 3.8) is 0 Å². The lowest BCUT2D eigenvalue weighted by atomic mass is 10.0. The molecule has 1 heterocycles. The van der Waals surface area contributed by atoms with Crippen LogP contribution in [0.3, 0.4) is 0 Å². The van der Waals surface area contributed by atoms with Crippen LogP contribution in [-0.2, 0) is 28.9 Å². The summed E-state index contributed by atoms with van der Waals surface area (Å²) in [7, 11) is 4.99. The molecular formula is C31H35N3O4. The molecular weight excluding hydrogens is 478 g/mol. The Hall–Kier alpha value is -4.26. The van der Waals surface area contributed by atoms with E-state index >= 15 is 0 Å². The lowest BCUT2D eigenvalue weighted by Crippen LogP contribution is -2.49. The lowest BCUT2D eigenvalue weighted by Gasteiger charge is -2.25. The smallest absolute Gasteiger partial charge is 0.245 e. The summed E-state index contributed by atoms with van der Waals surface area (Å²) in [6, 6.07) is 22.9. The van der Waals surface area contributed by atoms with Crippen molar-refractivity contribution in [1.82, 2.24) is 15.2 Å². The number of fused-ring (bicyclic) bond motifs is 1. The number of nitrogens with zero attached hydrogens (tertiary/aromatic N) is 1. The highest BCUT2D eigenvalue weighted by Crippen LogP contribution is 2.27. The number of hydrogen-bond acceptors (Lipinski definition) is 4. The number of benzene rings is 3. The van der Waals surface area contributed by atoms with Crippen LogP contribution >= 0.6 is 0 Å². The number of hydrogen-bond donors (Lipinski definition) is 2. The molecule has 3 aromatic carbocycles. The quantitative estimate of drug-likeness (QED) is 0.291. The van der Waals surface area contributed by atoms with Crippen LogP contribution in [0.5, 0.6) is 11.5 Å². The zero-order valence-electron chi connectivity index (χ0n) is 22.2. The van der Waals surface area contributed by atoms with Gasteiger partial charge in [0.25, 0.3) is 0 Å². The van der Waals surface area contributed by atoms with Gasteiger partial charge in [0.05, 0.1) is 14.2 Å². The molecule has 1 atom stereocenters. The van der Waals surface area contributed by atoms with Gasteiger partial charge in [-0.05, 0) is 47.7 Å². The van der Waals surface area contributed by atoms with Crippen molar-refractivity contribution in [3.8, 4) is 11.5 Å². The monoisotopic (exact) mass is 513 g/mol. The van der Waals surface area contributed by atoms with E-state index in [0.29, 0.717) is 43.7 Å². The van der Waals surface area contributed by atoms with Crippen LogP contribution in [0.25, 0.3) is 10.9 Å². The number of carbonyl (C=O) groups is 2. The highest BCUT2D eigenvalue weighted by Gasteiger charge is 2.25. The van der Waals surface area contributed by atoms with E-state index in [1.165, 1.54) is 0 Å². The maximum absolute atomic E-state index is 13.6. The summed E-state index contributed by atoms with van der Waals surface area (Å²) in [6.45, 7) is 0.499. The Kier molecular flexibility index (Phi) is 9.03. The van der Waals surface area contributed by atoms with Crippen molar-refractivity contribution in [2.24, 2.45) is 0 Å². The van der Waals surface area contributed by atoms with Crippen LogP contribution < -0.4 is 14.8 Å². The molecule has 4 aromatic rings. The molecule has 0 saturated heterocycles. The van der Waals surface area contributed by atoms with E-state index in [0.717, 1.165) is 27.6 Å². The molecule has 7 heteroatoms. The maximum atomic E-state index is 13.6. The second-order valence-electron chi connectivity index (χ2n) is 9.37. The molecule has 0 fully saturated rings. The molecule has 0 spiro atoms. The molecule has 7 nitrogen and oxygen atoms in total. The molecule has 0 saturated carbocycles. The predicted molar refractivity (Wildman–Crippen MR) is 150 cm³/mol. The molecule has 0 radical (unpaired) electrons. The number of rotatable bonds is 12. The second kappa shape index (κ2) is 12.8. The van der Waals surface area contributed by atoms with Gasteiger partial charge in [-0.3, -0.25) is 9.59 Å². The molecule has 1 unspecified atom stereocenters. The third-order valence-corrected chi connectivity index (χ3v) is 6.78. The van der Waals surface area contributed by atoms with E-state index in [1.54, 1.807) is 26.2 Å². The SMILES string of the molecule is COc1ccc(CCN(C)C(=O)C(Cc2c[nH]c3ccccc23)NC(=O)CCc2ccccc2)cc1OC. The number of carbonyl (C=O) groups excluding carboxylic acids is 2. The van der Waals surface area contributed by atoms with Gasteiger partial charge in [0.2, 0.25) is 11.8 Å². The highest BCUT2D eigenvalue weighted by atomic mass is 16.5. The van der Waals surface area contributed by atoms with Crippen LogP contribution in [0.2, 0.25) is 0 Å². The van der Waals surface area contributed by atoms with E-state index in [2.05, 4.69) is 10.3 Å². The Balaban J connectivity index is 1.45. The molecule has 1 aromatic heterocycles. The van der Waals surface area contributed by atoms with Gasteiger partial charge < -0.3 is 24.7 Å². The van der Waals surface area contributed by atoms with Crippen molar-refractivity contribution in [3.05, 3.63) is 95.7 Å². The summed E-state index contributed by atoms with van der Waals surface area (Å²) in [5.74, 6) is 1.06. The number of aromatic nitrogens is 1. The van der Waals surface area contributed by atoms with E-state index in [4.69, 9.17) is 9.47 Å². The third-order valence-electron chi connectivity index (χ3n) is 6.78. The van der Waals surface area contributed by atoms with E-state index in [1.807, 2.05) is 79.0 Å². The number of amides is 2. The van der Waals surface area contributed by atoms with Gasteiger partial charge in [0, 0.05) is 43.5 Å². The Labute approximate surface area is 223 Å². The fourth-order valence-electron chi connectivity index (χ4n) is 4.60. The van der Waals surface area contributed by atoms with Crippen LogP contribution in [0.15, 0.2) is 79.0 Å². The van der Waals surface area contributed by atoms with Crippen molar-refractivity contribution in [2.45, 2.75) is 31.7 Å². The third kappa shape index (κ3) is 6.73. The standard InChI is InChI=1S/C31H35N3O4/c1-34(18-17-23-13-15-28(37-2)29(19-23)38-3)31(36)27(20-24-21-32-26-12-8-7-11-25(24)26)33-30(35)16-14-22-9-5-4-6-10-22/h4-13,15,19,21,27,32H,14,16-18,20H2,1-3H3,(H,33,35). The molecule has 2 N–H and O–H groups in total. The van der Waals surface area contributed by atoms with Crippen molar-refractivity contribution in [1.29, 1.82) is 0 Å².